The molecule has 0 amide bonds. The summed E-state index contributed by atoms with van der Waals surface area (Å²) in [5.41, 5.74) is 0.952. The van der Waals surface area contributed by atoms with E-state index in [4.69, 9.17) is 9.47 Å². The van der Waals surface area contributed by atoms with Gasteiger partial charge in [-0.15, -0.1) is 0 Å². The number of fused-ring (bicyclic) bond motifs is 1. The van der Waals surface area contributed by atoms with Gasteiger partial charge in [0.15, 0.2) is 0 Å². The summed E-state index contributed by atoms with van der Waals surface area (Å²) in [6.45, 7) is 0.471. The first-order valence-electron chi connectivity index (χ1n) is 4.61. The summed E-state index contributed by atoms with van der Waals surface area (Å²) in [6, 6.07) is 5.56. The number of rotatable bonds is 1. The predicted molar refractivity (Wildman–Crippen MR) is 51.8 cm³/mol. The number of carbonyl (C=O) groups excluding carboxylic acids is 1. The van der Waals surface area contributed by atoms with E-state index in [2.05, 4.69) is 0 Å². The van der Waals surface area contributed by atoms with Crippen LogP contribution in [0.3, 0.4) is 0 Å². The molecule has 0 saturated carbocycles. The highest BCUT2D eigenvalue weighted by atomic mass is 16.5. The lowest BCUT2D eigenvalue weighted by molar-refractivity contribution is -0.118. The van der Waals surface area contributed by atoms with Gasteiger partial charge < -0.3 is 9.47 Å². The van der Waals surface area contributed by atoms with Crippen molar-refractivity contribution in [2.75, 3.05) is 13.7 Å². The normalized spacial score (nSPS) is 15.4. The summed E-state index contributed by atoms with van der Waals surface area (Å²) in [4.78, 5) is 11.3. The van der Waals surface area contributed by atoms with Crippen molar-refractivity contribution in [3.05, 3.63) is 23.8 Å². The lowest BCUT2D eigenvalue weighted by atomic mass is 10.1. The van der Waals surface area contributed by atoms with Crippen LogP contribution < -0.4 is 9.47 Å². The van der Waals surface area contributed by atoms with E-state index >= 15 is 0 Å². The van der Waals surface area contributed by atoms with Gasteiger partial charge in [0.25, 0.3) is 0 Å². The molecule has 0 saturated heterocycles. The van der Waals surface area contributed by atoms with E-state index < -0.39 is 0 Å². The second-order valence-corrected chi connectivity index (χ2v) is 3.29. The van der Waals surface area contributed by atoms with Crippen molar-refractivity contribution in [3.63, 3.8) is 0 Å². The fourth-order valence-corrected chi connectivity index (χ4v) is 1.52. The third-order valence-corrected chi connectivity index (χ3v) is 2.30. The molecule has 0 atom stereocenters. The van der Waals surface area contributed by atoms with Crippen molar-refractivity contribution in [3.8, 4) is 11.5 Å². The monoisotopic (exact) mass is 192 g/mol. The van der Waals surface area contributed by atoms with Gasteiger partial charge in [-0.2, -0.15) is 0 Å². The van der Waals surface area contributed by atoms with Crippen molar-refractivity contribution in [2.24, 2.45) is 0 Å². The third kappa shape index (κ3) is 1.71. The van der Waals surface area contributed by atoms with Crippen molar-refractivity contribution in [2.45, 2.75) is 12.8 Å². The van der Waals surface area contributed by atoms with Gasteiger partial charge in [-0.3, -0.25) is 4.79 Å². The van der Waals surface area contributed by atoms with Gasteiger partial charge in [0, 0.05) is 24.5 Å². The Morgan fingerprint density at radius 1 is 1.43 bits per heavy atom. The molecule has 3 heteroatoms. The van der Waals surface area contributed by atoms with Gasteiger partial charge in [-0.05, 0) is 6.07 Å². The molecule has 1 aromatic carbocycles. The van der Waals surface area contributed by atoms with E-state index in [1.807, 2.05) is 18.2 Å². The zero-order valence-corrected chi connectivity index (χ0v) is 8.08. The van der Waals surface area contributed by atoms with Gasteiger partial charge in [0.1, 0.15) is 17.3 Å². The molecule has 0 radical (unpaired) electrons. The molecule has 1 aliphatic heterocycles. The molecule has 3 nitrogen and oxygen atoms in total. The van der Waals surface area contributed by atoms with E-state index in [-0.39, 0.29) is 5.78 Å². The van der Waals surface area contributed by atoms with Crippen LogP contribution in [0.1, 0.15) is 12.0 Å². The Kier molecular flexibility index (Phi) is 2.39. The Morgan fingerprint density at radius 3 is 3.07 bits per heavy atom. The maximum Gasteiger partial charge on any atom is 0.140 e. The largest absolute Gasteiger partial charge is 0.497 e. The van der Waals surface area contributed by atoms with Crippen LogP contribution in [0.5, 0.6) is 11.5 Å². The Bertz CT molecular complexity index is 358. The Morgan fingerprint density at radius 2 is 2.29 bits per heavy atom. The minimum absolute atomic E-state index is 0.230. The predicted octanol–water partition coefficient (Wildman–Crippen LogP) is 1.59. The molecule has 0 fully saturated rings. The van der Waals surface area contributed by atoms with E-state index in [1.54, 1.807) is 7.11 Å². The number of hydrogen-bond acceptors (Lipinski definition) is 3. The lowest BCUT2D eigenvalue weighted by Gasteiger charge is -2.07. The zero-order chi connectivity index (χ0) is 9.97. The summed E-state index contributed by atoms with van der Waals surface area (Å²) in [6.07, 6.45) is 0.969. The first-order valence-corrected chi connectivity index (χ1v) is 4.61. The number of ether oxygens (including phenoxy) is 2. The Hall–Kier alpha value is -1.51. The van der Waals surface area contributed by atoms with Crippen LogP contribution in [0.4, 0.5) is 0 Å². The van der Waals surface area contributed by atoms with Crippen molar-refractivity contribution >= 4 is 5.78 Å². The number of ketones is 1. The standard InChI is InChI=1S/C11H12O3/c1-13-10-3-2-8-6-9(12)4-5-14-11(8)7-10/h2-3,7H,4-6H2,1H3. The first kappa shape index (κ1) is 9.06. The summed E-state index contributed by atoms with van der Waals surface area (Å²) in [5.74, 6) is 1.77. The fourth-order valence-electron chi connectivity index (χ4n) is 1.52. The van der Waals surface area contributed by atoms with Gasteiger partial charge in [0.2, 0.25) is 0 Å². The molecule has 0 aliphatic carbocycles. The molecule has 0 bridgehead atoms. The highest BCUT2D eigenvalue weighted by Crippen LogP contribution is 2.27. The molecule has 2 rings (SSSR count). The Labute approximate surface area is 82.6 Å². The molecule has 1 heterocycles. The topological polar surface area (TPSA) is 35.5 Å². The second kappa shape index (κ2) is 3.70. The number of hydrogen-bond donors (Lipinski definition) is 0. The van der Waals surface area contributed by atoms with Gasteiger partial charge in [-0.25, -0.2) is 0 Å². The van der Waals surface area contributed by atoms with Crippen molar-refractivity contribution in [1.82, 2.24) is 0 Å². The molecule has 1 aromatic rings. The minimum Gasteiger partial charge on any atom is -0.497 e. The smallest absolute Gasteiger partial charge is 0.140 e. The highest BCUT2D eigenvalue weighted by molar-refractivity contribution is 5.82. The molecule has 74 valence electrons. The second-order valence-electron chi connectivity index (χ2n) is 3.29. The fraction of sp³-hybridized carbons (Fsp3) is 0.364. The van der Waals surface area contributed by atoms with Crippen LogP contribution in [0, 0.1) is 0 Å². The average Bonchev–Trinajstić information content (AvgIpc) is 2.37. The van der Waals surface area contributed by atoms with Gasteiger partial charge in [0.05, 0.1) is 13.7 Å². The van der Waals surface area contributed by atoms with Crippen LogP contribution in [0.2, 0.25) is 0 Å². The van der Waals surface area contributed by atoms with Crippen molar-refractivity contribution < 1.29 is 14.3 Å². The summed E-state index contributed by atoms with van der Waals surface area (Å²) in [7, 11) is 1.61. The number of benzene rings is 1. The average molecular weight is 192 g/mol. The summed E-state index contributed by atoms with van der Waals surface area (Å²) < 4.78 is 10.5. The van der Waals surface area contributed by atoms with Crippen LogP contribution in [0.15, 0.2) is 18.2 Å². The molecular formula is C11H12O3. The SMILES string of the molecule is COc1ccc2c(c1)OCCC(=O)C2. The number of methoxy groups -OCH3 is 1. The molecule has 0 unspecified atom stereocenters. The van der Waals surface area contributed by atoms with Crippen LogP contribution in [-0.4, -0.2) is 19.5 Å². The molecule has 14 heavy (non-hydrogen) atoms. The maximum atomic E-state index is 11.3. The molecule has 0 aromatic heterocycles. The van der Waals surface area contributed by atoms with Gasteiger partial charge >= 0.3 is 0 Å². The van der Waals surface area contributed by atoms with E-state index in [1.165, 1.54) is 0 Å². The van der Waals surface area contributed by atoms with Crippen LogP contribution >= 0.6 is 0 Å². The van der Waals surface area contributed by atoms with E-state index in [9.17, 15) is 4.79 Å². The summed E-state index contributed by atoms with van der Waals surface area (Å²) >= 11 is 0. The van der Waals surface area contributed by atoms with Crippen LogP contribution in [0.25, 0.3) is 0 Å². The number of Topliss-reactive ketones (excluding diaryl/α,β-unsaturated/α-hetero) is 1. The number of carbonyl (C=O) groups is 1. The molecule has 0 spiro atoms. The molecule has 0 N–H and O–H groups in total. The quantitative estimate of drug-likeness (QED) is 0.677. The van der Waals surface area contributed by atoms with Crippen molar-refractivity contribution in [1.29, 1.82) is 0 Å². The van der Waals surface area contributed by atoms with Crippen LogP contribution in [-0.2, 0) is 11.2 Å². The highest BCUT2D eigenvalue weighted by Gasteiger charge is 2.14. The van der Waals surface area contributed by atoms with E-state index in [0.717, 1.165) is 17.1 Å². The maximum absolute atomic E-state index is 11.3. The summed E-state index contributed by atoms with van der Waals surface area (Å²) in [5, 5.41) is 0. The molecule has 1 aliphatic rings. The van der Waals surface area contributed by atoms with Gasteiger partial charge in [-0.1, -0.05) is 6.07 Å². The van der Waals surface area contributed by atoms with E-state index in [0.29, 0.717) is 19.4 Å². The zero-order valence-electron chi connectivity index (χ0n) is 8.08. The minimum atomic E-state index is 0.230. The lowest BCUT2D eigenvalue weighted by Crippen LogP contribution is -2.02. The third-order valence-electron chi connectivity index (χ3n) is 2.30. The Balaban J connectivity index is 2.35. The molecular weight excluding hydrogens is 180 g/mol. The first-order chi connectivity index (χ1) is 6.79.